The molecule has 2 saturated heterocycles. The molecule has 0 unspecified atom stereocenters. The van der Waals surface area contributed by atoms with Gasteiger partial charge in [0, 0.05) is 37.6 Å². The summed E-state index contributed by atoms with van der Waals surface area (Å²) in [4.78, 5) is 38.1. The van der Waals surface area contributed by atoms with Crippen LogP contribution >= 0.6 is 11.3 Å². The largest absolute Gasteiger partial charge is 0.323 e. The van der Waals surface area contributed by atoms with E-state index >= 15 is 0 Å². The zero-order valence-electron chi connectivity index (χ0n) is 19.7. The zero-order chi connectivity index (χ0) is 23.3. The van der Waals surface area contributed by atoms with Gasteiger partial charge in [0.05, 0.1) is 17.9 Å². The second-order valence-electron chi connectivity index (χ2n) is 9.59. The summed E-state index contributed by atoms with van der Waals surface area (Å²) in [6.07, 6.45) is 3.45. The van der Waals surface area contributed by atoms with E-state index in [1.54, 1.807) is 10.9 Å². The fourth-order valence-corrected chi connectivity index (χ4v) is 6.30. The van der Waals surface area contributed by atoms with E-state index in [4.69, 9.17) is 0 Å². The molecule has 2 aliphatic heterocycles. The number of urea groups is 1. The van der Waals surface area contributed by atoms with Crippen molar-refractivity contribution in [3.05, 3.63) is 52.1 Å². The van der Waals surface area contributed by atoms with Gasteiger partial charge in [-0.3, -0.25) is 9.36 Å². The Kier molecular flexibility index (Phi) is 5.74. The van der Waals surface area contributed by atoms with Gasteiger partial charge < -0.3 is 14.7 Å². The van der Waals surface area contributed by atoms with Crippen molar-refractivity contribution >= 4 is 27.6 Å². The van der Waals surface area contributed by atoms with Crippen molar-refractivity contribution in [1.29, 1.82) is 0 Å². The van der Waals surface area contributed by atoms with Gasteiger partial charge in [0.15, 0.2) is 0 Å². The van der Waals surface area contributed by atoms with Crippen LogP contribution in [0.5, 0.6) is 0 Å². The standard InChI is InChI=1S/C25H31N5O2S/c1-16-5-6-20(17(2)11-16)22-12-21-23(33-22)24(31)30(15-26-21)19-8-10-29(14-19)25(32)28(4)18-7-9-27(3)13-18/h5-6,11-12,15,18-19H,7-10,13-14H2,1-4H3/t18-,19-/m0/s1. The summed E-state index contributed by atoms with van der Waals surface area (Å²) in [7, 11) is 4.00. The molecule has 2 fully saturated rings. The molecule has 0 bridgehead atoms. The van der Waals surface area contributed by atoms with Crippen LogP contribution in [0.15, 0.2) is 35.4 Å². The van der Waals surface area contributed by atoms with E-state index in [1.807, 2.05) is 22.9 Å². The minimum Gasteiger partial charge on any atom is -0.323 e. The molecule has 0 spiro atoms. The Bertz CT molecular complexity index is 1270. The SMILES string of the molecule is Cc1ccc(-c2cc3ncn([C@H]4CCN(C(=O)N(C)[C@H]5CCN(C)C5)C4)c(=O)c3s2)c(C)c1. The van der Waals surface area contributed by atoms with Crippen LogP contribution in [0, 0.1) is 13.8 Å². The number of carbonyl (C=O) groups excluding carboxylic acids is 1. The molecule has 0 aliphatic carbocycles. The van der Waals surface area contributed by atoms with E-state index in [0.717, 1.165) is 41.9 Å². The topological polar surface area (TPSA) is 61.7 Å². The minimum atomic E-state index is -0.0373. The maximum absolute atomic E-state index is 13.4. The number of likely N-dealkylation sites (N-methyl/N-ethyl adjacent to an activating group) is 2. The molecular weight excluding hydrogens is 434 g/mol. The Morgan fingerprint density at radius 2 is 1.97 bits per heavy atom. The van der Waals surface area contributed by atoms with Gasteiger partial charge in [0.25, 0.3) is 5.56 Å². The fourth-order valence-electron chi connectivity index (χ4n) is 5.16. The summed E-state index contributed by atoms with van der Waals surface area (Å²) in [5.41, 5.74) is 4.30. The van der Waals surface area contributed by atoms with Gasteiger partial charge in [-0.15, -0.1) is 11.3 Å². The molecule has 0 saturated carbocycles. The first kappa shape index (κ1) is 22.1. The Morgan fingerprint density at radius 3 is 2.70 bits per heavy atom. The van der Waals surface area contributed by atoms with E-state index in [2.05, 4.69) is 49.0 Å². The maximum Gasteiger partial charge on any atom is 0.320 e. The van der Waals surface area contributed by atoms with Gasteiger partial charge in [0.1, 0.15) is 4.70 Å². The van der Waals surface area contributed by atoms with Crippen LogP contribution in [0.1, 0.15) is 30.0 Å². The highest BCUT2D eigenvalue weighted by Gasteiger charge is 2.34. The van der Waals surface area contributed by atoms with Gasteiger partial charge in [-0.25, -0.2) is 9.78 Å². The van der Waals surface area contributed by atoms with Gasteiger partial charge in [-0.05, 0) is 57.5 Å². The monoisotopic (exact) mass is 465 g/mol. The van der Waals surface area contributed by atoms with Crippen LogP contribution in [-0.4, -0.2) is 76.6 Å². The van der Waals surface area contributed by atoms with Crippen LogP contribution in [0.3, 0.4) is 0 Å². The molecule has 2 atom stereocenters. The van der Waals surface area contributed by atoms with E-state index in [9.17, 15) is 9.59 Å². The van der Waals surface area contributed by atoms with Crippen LogP contribution in [-0.2, 0) is 0 Å². The lowest BCUT2D eigenvalue weighted by Gasteiger charge is -2.29. The molecule has 7 nitrogen and oxygen atoms in total. The number of hydrogen-bond acceptors (Lipinski definition) is 5. The smallest absolute Gasteiger partial charge is 0.320 e. The quantitative estimate of drug-likeness (QED) is 0.591. The molecule has 1 aromatic carbocycles. The predicted molar refractivity (Wildman–Crippen MR) is 133 cm³/mol. The van der Waals surface area contributed by atoms with Crippen LogP contribution < -0.4 is 5.56 Å². The fraction of sp³-hybridized carbons (Fsp3) is 0.480. The molecule has 4 heterocycles. The molecule has 0 N–H and O–H groups in total. The second kappa shape index (κ2) is 8.57. The minimum absolute atomic E-state index is 0.00825. The number of thiophene rings is 1. The average molecular weight is 466 g/mol. The lowest BCUT2D eigenvalue weighted by Crippen LogP contribution is -2.46. The Morgan fingerprint density at radius 1 is 1.15 bits per heavy atom. The number of aryl methyl sites for hydroxylation is 2. The molecule has 3 aromatic rings. The number of aromatic nitrogens is 2. The van der Waals surface area contributed by atoms with Crippen molar-refractivity contribution in [1.82, 2.24) is 24.3 Å². The number of benzene rings is 1. The van der Waals surface area contributed by atoms with Gasteiger partial charge in [-0.2, -0.15) is 0 Å². The highest BCUT2D eigenvalue weighted by molar-refractivity contribution is 7.22. The number of amides is 2. The van der Waals surface area contributed by atoms with Gasteiger partial charge >= 0.3 is 6.03 Å². The number of nitrogens with zero attached hydrogens (tertiary/aromatic N) is 5. The Hall–Kier alpha value is -2.71. The second-order valence-corrected chi connectivity index (χ2v) is 10.6. The summed E-state index contributed by atoms with van der Waals surface area (Å²) < 4.78 is 2.42. The number of fused-ring (bicyclic) bond motifs is 1. The molecule has 0 radical (unpaired) electrons. The van der Waals surface area contributed by atoms with Crippen molar-refractivity contribution in [2.24, 2.45) is 0 Å². The van der Waals surface area contributed by atoms with Crippen molar-refractivity contribution in [3.8, 4) is 10.4 Å². The number of likely N-dealkylation sites (tertiary alicyclic amines) is 2. The lowest BCUT2D eigenvalue weighted by atomic mass is 10.0. The highest BCUT2D eigenvalue weighted by atomic mass is 32.1. The highest BCUT2D eigenvalue weighted by Crippen LogP contribution is 2.33. The molecule has 8 heteroatoms. The third-order valence-corrected chi connectivity index (χ3v) is 8.30. The maximum atomic E-state index is 13.4. The first-order valence-corrected chi connectivity index (χ1v) is 12.4. The van der Waals surface area contributed by atoms with Crippen molar-refractivity contribution in [3.63, 3.8) is 0 Å². The van der Waals surface area contributed by atoms with Gasteiger partial charge in [-0.1, -0.05) is 23.8 Å². The normalized spacial score (nSPS) is 21.3. The van der Waals surface area contributed by atoms with Crippen LogP contribution in [0.4, 0.5) is 4.79 Å². The van der Waals surface area contributed by atoms with E-state index in [-0.39, 0.29) is 23.7 Å². The molecule has 5 rings (SSSR count). The average Bonchev–Trinajstić information content (AvgIpc) is 3.52. The molecule has 33 heavy (non-hydrogen) atoms. The van der Waals surface area contributed by atoms with E-state index in [1.165, 1.54) is 22.5 Å². The summed E-state index contributed by atoms with van der Waals surface area (Å²) in [6, 6.07) is 8.68. The summed E-state index contributed by atoms with van der Waals surface area (Å²) >= 11 is 1.51. The molecule has 2 aromatic heterocycles. The molecule has 2 aliphatic rings. The summed E-state index contributed by atoms with van der Waals surface area (Å²) in [5.74, 6) is 0. The first-order chi connectivity index (χ1) is 15.8. The Labute approximate surface area is 198 Å². The van der Waals surface area contributed by atoms with Crippen molar-refractivity contribution < 1.29 is 4.79 Å². The van der Waals surface area contributed by atoms with Crippen LogP contribution in [0.2, 0.25) is 0 Å². The first-order valence-electron chi connectivity index (χ1n) is 11.6. The number of carbonyl (C=O) groups is 1. The molecular formula is C25H31N5O2S. The lowest BCUT2D eigenvalue weighted by molar-refractivity contribution is 0.155. The van der Waals surface area contributed by atoms with Crippen molar-refractivity contribution in [2.75, 3.05) is 40.3 Å². The summed E-state index contributed by atoms with van der Waals surface area (Å²) in [5, 5.41) is 0. The molecule has 2 amide bonds. The summed E-state index contributed by atoms with van der Waals surface area (Å²) in [6.45, 7) is 7.34. The third-order valence-electron chi connectivity index (χ3n) is 7.15. The van der Waals surface area contributed by atoms with E-state index < -0.39 is 0 Å². The zero-order valence-corrected chi connectivity index (χ0v) is 20.6. The number of hydrogen-bond donors (Lipinski definition) is 0. The van der Waals surface area contributed by atoms with E-state index in [0.29, 0.717) is 17.8 Å². The molecule has 174 valence electrons. The predicted octanol–water partition coefficient (Wildman–Crippen LogP) is 3.74. The number of rotatable bonds is 3. The van der Waals surface area contributed by atoms with Crippen LogP contribution in [0.25, 0.3) is 20.7 Å². The van der Waals surface area contributed by atoms with Crippen molar-refractivity contribution in [2.45, 2.75) is 38.8 Å². The Balaban J connectivity index is 1.36. The van der Waals surface area contributed by atoms with Gasteiger partial charge in [0.2, 0.25) is 0 Å². The third kappa shape index (κ3) is 4.06.